The molecule has 1 aromatic rings. The van der Waals surface area contributed by atoms with Gasteiger partial charge in [-0.15, -0.1) is 0 Å². The van der Waals surface area contributed by atoms with E-state index in [1.54, 1.807) is 43.8 Å². The predicted octanol–water partition coefficient (Wildman–Crippen LogP) is 1.36. The van der Waals surface area contributed by atoms with E-state index in [2.05, 4.69) is 15.6 Å². The van der Waals surface area contributed by atoms with Gasteiger partial charge in [0.15, 0.2) is 0 Å². The maximum Gasteiger partial charge on any atom is 0.404 e. The topological polar surface area (TPSA) is 143 Å². The molecule has 1 aliphatic carbocycles. The fourth-order valence-electron chi connectivity index (χ4n) is 3.26. The number of amides is 3. The minimum Gasteiger partial charge on any atom is -0.465 e. The largest absolute Gasteiger partial charge is 0.465 e. The summed E-state index contributed by atoms with van der Waals surface area (Å²) in [6.45, 7) is 0. The molecule has 0 aromatic heterocycles. The number of amidine groups is 1. The summed E-state index contributed by atoms with van der Waals surface area (Å²) in [5.74, 6) is -1.49. The van der Waals surface area contributed by atoms with Crippen molar-refractivity contribution in [3.05, 3.63) is 29.3 Å². The van der Waals surface area contributed by atoms with Gasteiger partial charge < -0.3 is 20.6 Å². The smallest absolute Gasteiger partial charge is 0.404 e. The van der Waals surface area contributed by atoms with Crippen molar-refractivity contribution in [2.24, 2.45) is 10.9 Å². The van der Waals surface area contributed by atoms with Gasteiger partial charge in [-0.1, -0.05) is 11.6 Å². The second kappa shape index (κ2) is 10.1. The molecule has 0 aliphatic heterocycles. The molecule has 0 saturated heterocycles. The number of hydrogen-bond donors (Lipinski definition) is 5. The van der Waals surface area contributed by atoms with Gasteiger partial charge in [-0.3, -0.25) is 14.8 Å². The second-order valence-corrected chi connectivity index (χ2v) is 7.36. The molecule has 0 unspecified atom stereocenters. The van der Waals surface area contributed by atoms with Crippen LogP contribution >= 0.6 is 11.6 Å². The van der Waals surface area contributed by atoms with E-state index in [-0.39, 0.29) is 24.1 Å². The lowest BCUT2D eigenvalue weighted by Gasteiger charge is -2.36. The molecule has 3 atom stereocenters. The molecule has 158 valence electrons. The van der Waals surface area contributed by atoms with Crippen LogP contribution in [-0.4, -0.2) is 65.1 Å². The van der Waals surface area contributed by atoms with Gasteiger partial charge in [0.1, 0.15) is 0 Å². The van der Waals surface area contributed by atoms with Crippen LogP contribution in [0, 0.1) is 5.92 Å². The fraction of sp³-hybridized carbons (Fsp3) is 0.444. The molecule has 3 amide bonds. The summed E-state index contributed by atoms with van der Waals surface area (Å²) in [4.78, 5) is 41.4. The number of aliphatic imine (C=N–C) groups is 1. The van der Waals surface area contributed by atoms with E-state index in [9.17, 15) is 19.6 Å². The number of nitrogens with one attached hydrogen (secondary N) is 3. The lowest BCUT2D eigenvalue weighted by Crippen LogP contribution is -2.57. The molecule has 0 spiro atoms. The summed E-state index contributed by atoms with van der Waals surface area (Å²) >= 11 is 5.81. The van der Waals surface area contributed by atoms with Gasteiger partial charge in [0.05, 0.1) is 11.7 Å². The summed E-state index contributed by atoms with van der Waals surface area (Å²) < 4.78 is 0. The molecule has 0 radical (unpaired) electrons. The number of benzene rings is 1. The number of halogens is 1. The fourth-order valence-corrected chi connectivity index (χ4v) is 3.38. The molecule has 0 bridgehead atoms. The maximum atomic E-state index is 12.5. The monoisotopic (exact) mass is 425 g/mol. The van der Waals surface area contributed by atoms with Crippen molar-refractivity contribution in [3.63, 3.8) is 0 Å². The van der Waals surface area contributed by atoms with E-state index in [1.807, 2.05) is 0 Å². The van der Waals surface area contributed by atoms with Crippen molar-refractivity contribution in [1.29, 1.82) is 0 Å². The van der Waals surface area contributed by atoms with Gasteiger partial charge in [0.25, 0.3) is 5.91 Å². The molecule has 1 fully saturated rings. The first-order valence-electron chi connectivity index (χ1n) is 8.97. The molecular formula is C18H24ClN5O5. The zero-order chi connectivity index (χ0) is 21.6. The Morgan fingerprint density at radius 1 is 1.10 bits per heavy atom. The van der Waals surface area contributed by atoms with Crippen LogP contribution in [0.15, 0.2) is 29.3 Å². The minimum atomic E-state index is -1.25. The van der Waals surface area contributed by atoms with Gasteiger partial charge in [-0.2, -0.15) is 0 Å². The standard InChI is InChI=1S/C18H24ClN5O5/c1-24(2)17(26)10-3-8-13(14(9-10)22-18(27)28)21-16(25)15(23-29)20-12-6-4-11(19)5-7-12/h4-7,10,13-14,22,29H,3,8-9H2,1-2H3,(H,20,23)(H,21,25)(H,27,28)/t10-,13-,14+/m0/s1. The number of hydrogen-bond acceptors (Lipinski definition) is 5. The highest BCUT2D eigenvalue weighted by Crippen LogP contribution is 2.26. The quantitative estimate of drug-likeness (QED) is 0.280. The number of nitrogens with zero attached hydrogens (tertiary/aromatic N) is 2. The number of carbonyl (C=O) groups excluding carboxylic acids is 2. The molecular weight excluding hydrogens is 402 g/mol. The van der Waals surface area contributed by atoms with Gasteiger partial charge in [-0.25, -0.2) is 15.3 Å². The molecule has 0 heterocycles. The number of carboxylic acid groups (broad SMARTS) is 1. The lowest BCUT2D eigenvalue weighted by atomic mass is 9.81. The third-order valence-corrected chi connectivity index (χ3v) is 4.91. The van der Waals surface area contributed by atoms with Crippen molar-refractivity contribution >= 4 is 41.0 Å². The van der Waals surface area contributed by atoms with Crippen LogP contribution in [0.5, 0.6) is 0 Å². The number of hydroxylamine groups is 1. The summed E-state index contributed by atoms with van der Waals surface area (Å²) in [7, 11) is 3.28. The van der Waals surface area contributed by atoms with Crippen LogP contribution in [0.4, 0.5) is 10.5 Å². The van der Waals surface area contributed by atoms with Gasteiger partial charge in [0.2, 0.25) is 11.7 Å². The third kappa shape index (κ3) is 6.33. The Kier molecular flexibility index (Phi) is 7.80. The Morgan fingerprint density at radius 2 is 1.76 bits per heavy atom. The lowest BCUT2D eigenvalue weighted by molar-refractivity contribution is -0.134. The highest BCUT2D eigenvalue weighted by molar-refractivity contribution is 6.38. The molecule has 10 nitrogen and oxygen atoms in total. The Labute approximate surface area is 172 Å². The molecule has 11 heteroatoms. The van der Waals surface area contributed by atoms with Crippen LogP contribution in [-0.2, 0) is 9.59 Å². The molecule has 1 aromatic carbocycles. The Balaban J connectivity index is 2.12. The van der Waals surface area contributed by atoms with Crippen LogP contribution in [0.25, 0.3) is 0 Å². The van der Waals surface area contributed by atoms with Crippen molar-refractivity contribution in [3.8, 4) is 0 Å². The molecule has 5 N–H and O–H groups in total. The van der Waals surface area contributed by atoms with Crippen molar-refractivity contribution in [2.45, 2.75) is 31.3 Å². The van der Waals surface area contributed by atoms with Crippen LogP contribution < -0.4 is 16.1 Å². The minimum absolute atomic E-state index is 0.0889. The average Bonchev–Trinajstić information content (AvgIpc) is 2.67. The van der Waals surface area contributed by atoms with Crippen molar-refractivity contribution in [1.82, 2.24) is 21.0 Å². The van der Waals surface area contributed by atoms with Gasteiger partial charge in [0, 0.05) is 31.1 Å². The van der Waals surface area contributed by atoms with E-state index >= 15 is 0 Å². The van der Waals surface area contributed by atoms with Crippen molar-refractivity contribution in [2.75, 3.05) is 14.1 Å². The Morgan fingerprint density at radius 3 is 2.31 bits per heavy atom. The summed E-state index contributed by atoms with van der Waals surface area (Å²) in [5, 5.41) is 24.0. The third-order valence-electron chi connectivity index (χ3n) is 4.65. The zero-order valence-electron chi connectivity index (χ0n) is 16.1. The maximum absolute atomic E-state index is 12.5. The number of rotatable bonds is 4. The van der Waals surface area contributed by atoms with Gasteiger partial charge >= 0.3 is 6.09 Å². The van der Waals surface area contributed by atoms with E-state index in [4.69, 9.17) is 16.7 Å². The molecule has 2 rings (SSSR count). The van der Waals surface area contributed by atoms with E-state index < -0.39 is 24.1 Å². The first-order chi connectivity index (χ1) is 13.7. The van der Waals surface area contributed by atoms with E-state index in [0.717, 1.165) is 0 Å². The van der Waals surface area contributed by atoms with Crippen LogP contribution in [0.2, 0.25) is 5.02 Å². The Hall–Kier alpha value is -2.85. The summed E-state index contributed by atoms with van der Waals surface area (Å²) in [6, 6.07) is 5.09. The van der Waals surface area contributed by atoms with E-state index in [1.165, 1.54) is 4.90 Å². The first-order valence-corrected chi connectivity index (χ1v) is 9.35. The highest BCUT2D eigenvalue weighted by Gasteiger charge is 2.36. The van der Waals surface area contributed by atoms with Crippen LogP contribution in [0.1, 0.15) is 19.3 Å². The van der Waals surface area contributed by atoms with Crippen molar-refractivity contribution < 1.29 is 24.7 Å². The zero-order valence-corrected chi connectivity index (χ0v) is 16.8. The SMILES string of the molecule is CN(C)C(=O)[C@H]1CC[C@H](NC(=O)C(=Nc2ccc(Cl)cc2)NO)[C@H](NC(=O)O)C1. The highest BCUT2D eigenvalue weighted by atomic mass is 35.5. The average molecular weight is 426 g/mol. The van der Waals surface area contributed by atoms with Crippen LogP contribution in [0.3, 0.4) is 0 Å². The summed E-state index contributed by atoms with van der Waals surface area (Å²) in [5.41, 5.74) is 2.15. The molecule has 1 aliphatic rings. The first kappa shape index (κ1) is 22.4. The second-order valence-electron chi connectivity index (χ2n) is 6.93. The molecule has 1 saturated carbocycles. The Bertz CT molecular complexity index is 783. The normalized spacial score (nSPS) is 21.8. The van der Waals surface area contributed by atoms with E-state index in [0.29, 0.717) is 23.6 Å². The number of carbonyl (C=O) groups is 3. The molecule has 29 heavy (non-hydrogen) atoms. The predicted molar refractivity (Wildman–Crippen MR) is 106 cm³/mol. The van der Waals surface area contributed by atoms with Gasteiger partial charge in [-0.05, 0) is 43.5 Å². The summed E-state index contributed by atoms with van der Waals surface area (Å²) in [6.07, 6.45) is -0.108.